The number of para-hydroxylation sites is 1. The van der Waals surface area contributed by atoms with Crippen LogP contribution in [0.1, 0.15) is 23.4 Å². The summed E-state index contributed by atoms with van der Waals surface area (Å²) in [5.41, 5.74) is 3.66. The van der Waals surface area contributed by atoms with Crippen molar-refractivity contribution in [1.29, 1.82) is 0 Å². The Morgan fingerprint density at radius 2 is 1.81 bits per heavy atom. The number of rotatable bonds is 5. The van der Waals surface area contributed by atoms with Crippen LogP contribution in [0.2, 0.25) is 0 Å². The molecule has 21 heavy (non-hydrogen) atoms. The average Bonchev–Trinajstić information content (AvgIpc) is 2.71. The third kappa shape index (κ3) is 4.07. The van der Waals surface area contributed by atoms with E-state index >= 15 is 0 Å². The maximum atomic E-state index is 12.1. The van der Waals surface area contributed by atoms with E-state index in [1.54, 1.807) is 0 Å². The fraction of sp³-hybridized carbons (Fsp3) is 0.400. The van der Waals surface area contributed by atoms with Gasteiger partial charge < -0.3 is 5.32 Å². The molecule has 1 aromatic carbocycles. The summed E-state index contributed by atoms with van der Waals surface area (Å²) in [4.78, 5) is 0. The molecule has 1 aromatic heterocycles. The van der Waals surface area contributed by atoms with Crippen molar-refractivity contribution in [2.24, 2.45) is 0 Å². The van der Waals surface area contributed by atoms with Crippen LogP contribution in [0, 0.1) is 13.8 Å². The molecule has 0 saturated heterocycles. The first-order valence-corrected chi connectivity index (χ1v) is 6.76. The molecule has 2 rings (SSSR count). The number of aromatic nitrogens is 2. The molecule has 1 N–H and O–H groups in total. The van der Waals surface area contributed by atoms with Gasteiger partial charge in [-0.15, -0.1) is 0 Å². The summed E-state index contributed by atoms with van der Waals surface area (Å²) in [7, 11) is 0. The third-order valence-electron chi connectivity index (χ3n) is 3.33. The molecular weight excluding hydrogens is 279 g/mol. The highest BCUT2D eigenvalue weighted by Gasteiger charge is 2.26. The minimum absolute atomic E-state index is 0.0844. The highest BCUT2D eigenvalue weighted by atomic mass is 19.4. The van der Waals surface area contributed by atoms with E-state index in [-0.39, 0.29) is 6.54 Å². The lowest BCUT2D eigenvalue weighted by molar-refractivity contribution is -0.133. The Hall–Kier alpha value is -1.82. The van der Waals surface area contributed by atoms with Crippen LogP contribution in [0.25, 0.3) is 5.69 Å². The molecule has 0 fully saturated rings. The molecule has 0 unspecified atom stereocenters. The lowest BCUT2D eigenvalue weighted by Gasteiger charge is -2.08. The van der Waals surface area contributed by atoms with Crippen molar-refractivity contribution < 1.29 is 13.2 Å². The summed E-state index contributed by atoms with van der Waals surface area (Å²) in [6.07, 6.45) is -4.94. The molecule has 1 heterocycles. The molecule has 3 nitrogen and oxygen atoms in total. The molecule has 0 amide bonds. The van der Waals surface area contributed by atoms with Crippen LogP contribution in [-0.4, -0.2) is 22.5 Å². The molecule has 114 valence electrons. The SMILES string of the molecule is Cc1nn(-c2ccccc2)c(C)c1CNCCC(F)(F)F. The second-order valence-corrected chi connectivity index (χ2v) is 4.94. The largest absolute Gasteiger partial charge is 0.390 e. The second-order valence-electron chi connectivity index (χ2n) is 4.94. The van der Waals surface area contributed by atoms with E-state index in [2.05, 4.69) is 10.4 Å². The fourth-order valence-corrected chi connectivity index (χ4v) is 2.19. The van der Waals surface area contributed by atoms with Crippen molar-refractivity contribution in [2.45, 2.75) is 33.0 Å². The van der Waals surface area contributed by atoms with Gasteiger partial charge in [-0.1, -0.05) is 18.2 Å². The highest BCUT2D eigenvalue weighted by Crippen LogP contribution is 2.19. The lowest BCUT2D eigenvalue weighted by Crippen LogP contribution is -2.21. The number of nitrogens with one attached hydrogen (secondary N) is 1. The number of benzene rings is 1. The summed E-state index contributed by atoms with van der Waals surface area (Å²) in [5, 5.41) is 7.29. The molecule has 0 radical (unpaired) electrons. The Bertz CT molecular complexity index is 588. The van der Waals surface area contributed by atoms with Gasteiger partial charge in [0.25, 0.3) is 0 Å². The minimum atomic E-state index is -4.12. The van der Waals surface area contributed by atoms with E-state index in [9.17, 15) is 13.2 Å². The van der Waals surface area contributed by atoms with Crippen molar-refractivity contribution in [3.8, 4) is 5.69 Å². The van der Waals surface area contributed by atoms with Crippen LogP contribution in [0.5, 0.6) is 0 Å². The molecule has 6 heteroatoms. The van der Waals surface area contributed by atoms with Crippen molar-refractivity contribution in [1.82, 2.24) is 15.1 Å². The number of hydrogen-bond donors (Lipinski definition) is 1. The van der Waals surface area contributed by atoms with Gasteiger partial charge in [-0.3, -0.25) is 0 Å². The summed E-state index contributed by atoms with van der Waals surface area (Å²) in [5.74, 6) is 0. The zero-order chi connectivity index (χ0) is 15.5. The van der Waals surface area contributed by atoms with Crippen molar-refractivity contribution in [3.63, 3.8) is 0 Å². The van der Waals surface area contributed by atoms with E-state index in [0.29, 0.717) is 6.54 Å². The number of halogens is 3. The molecule has 0 aliphatic rings. The zero-order valence-electron chi connectivity index (χ0n) is 12.0. The Labute approximate surface area is 121 Å². The quantitative estimate of drug-likeness (QED) is 0.856. The fourth-order valence-electron chi connectivity index (χ4n) is 2.19. The summed E-state index contributed by atoms with van der Waals surface area (Å²) < 4.78 is 38.1. The van der Waals surface area contributed by atoms with E-state index in [1.807, 2.05) is 48.9 Å². The smallest absolute Gasteiger partial charge is 0.312 e. The van der Waals surface area contributed by atoms with Gasteiger partial charge in [0.05, 0.1) is 17.8 Å². The van der Waals surface area contributed by atoms with Crippen molar-refractivity contribution >= 4 is 0 Å². The Balaban J connectivity index is 2.06. The number of hydrogen-bond acceptors (Lipinski definition) is 2. The van der Waals surface area contributed by atoms with Crippen LogP contribution >= 0.6 is 0 Å². The Morgan fingerprint density at radius 1 is 1.14 bits per heavy atom. The van der Waals surface area contributed by atoms with Gasteiger partial charge in [0, 0.05) is 24.3 Å². The molecule has 0 aliphatic heterocycles. The highest BCUT2D eigenvalue weighted by molar-refractivity contribution is 5.36. The minimum Gasteiger partial charge on any atom is -0.312 e. The van der Waals surface area contributed by atoms with Gasteiger partial charge in [0.15, 0.2) is 0 Å². The maximum absolute atomic E-state index is 12.1. The molecular formula is C15H18F3N3. The predicted octanol–water partition coefficient (Wildman–Crippen LogP) is 3.53. The standard InChI is InChI=1S/C15H18F3N3/c1-11-14(10-19-9-8-15(16,17)18)12(2)21(20-11)13-6-4-3-5-7-13/h3-7,19H,8-10H2,1-2H3. The van der Waals surface area contributed by atoms with E-state index in [0.717, 1.165) is 22.6 Å². The normalized spacial score (nSPS) is 11.9. The van der Waals surface area contributed by atoms with Crippen LogP contribution in [0.3, 0.4) is 0 Å². The Morgan fingerprint density at radius 3 is 2.43 bits per heavy atom. The van der Waals surface area contributed by atoms with Crippen molar-refractivity contribution in [3.05, 3.63) is 47.3 Å². The third-order valence-corrected chi connectivity index (χ3v) is 3.33. The monoisotopic (exact) mass is 297 g/mol. The van der Waals surface area contributed by atoms with Gasteiger partial charge in [-0.05, 0) is 26.0 Å². The maximum Gasteiger partial charge on any atom is 0.390 e. The van der Waals surface area contributed by atoms with Gasteiger partial charge in [-0.25, -0.2) is 4.68 Å². The van der Waals surface area contributed by atoms with Crippen LogP contribution < -0.4 is 5.32 Å². The van der Waals surface area contributed by atoms with Crippen LogP contribution in [0.15, 0.2) is 30.3 Å². The van der Waals surface area contributed by atoms with Gasteiger partial charge in [0.2, 0.25) is 0 Å². The van der Waals surface area contributed by atoms with Gasteiger partial charge in [0.1, 0.15) is 0 Å². The second kappa shape index (κ2) is 6.30. The van der Waals surface area contributed by atoms with E-state index in [1.165, 1.54) is 0 Å². The zero-order valence-corrected chi connectivity index (χ0v) is 12.0. The van der Waals surface area contributed by atoms with E-state index in [4.69, 9.17) is 0 Å². The van der Waals surface area contributed by atoms with E-state index < -0.39 is 12.6 Å². The van der Waals surface area contributed by atoms with Gasteiger partial charge in [-0.2, -0.15) is 18.3 Å². The molecule has 0 bridgehead atoms. The lowest BCUT2D eigenvalue weighted by atomic mass is 10.2. The Kier molecular flexibility index (Phi) is 4.67. The molecule has 0 atom stereocenters. The molecule has 2 aromatic rings. The van der Waals surface area contributed by atoms with Gasteiger partial charge >= 0.3 is 6.18 Å². The van der Waals surface area contributed by atoms with Crippen LogP contribution in [0.4, 0.5) is 13.2 Å². The first kappa shape index (κ1) is 15.6. The topological polar surface area (TPSA) is 29.9 Å². The summed E-state index contributed by atoms with van der Waals surface area (Å²) in [6, 6.07) is 9.66. The summed E-state index contributed by atoms with van der Waals surface area (Å²) >= 11 is 0. The first-order valence-electron chi connectivity index (χ1n) is 6.76. The predicted molar refractivity (Wildman–Crippen MR) is 75.4 cm³/mol. The average molecular weight is 297 g/mol. The number of alkyl halides is 3. The molecule has 0 saturated carbocycles. The van der Waals surface area contributed by atoms with Crippen molar-refractivity contribution in [2.75, 3.05) is 6.54 Å². The number of aryl methyl sites for hydroxylation is 1. The van der Waals surface area contributed by atoms with Crippen LogP contribution in [-0.2, 0) is 6.54 Å². The summed E-state index contributed by atoms with van der Waals surface area (Å²) in [6.45, 7) is 4.10. The molecule has 0 spiro atoms. The first-order chi connectivity index (χ1) is 9.88. The molecule has 0 aliphatic carbocycles. The number of nitrogens with zero attached hydrogens (tertiary/aromatic N) is 2.